The molecule has 2 fully saturated rings. The maximum atomic E-state index is 6.30. The van der Waals surface area contributed by atoms with Crippen molar-refractivity contribution in [3.63, 3.8) is 0 Å². The Kier molecular flexibility index (Phi) is 3.64. The minimum atomic E-state index is 0.196. The van der Waals surface area contributed by atoms with Crippen LogP contribution in [0.5, 0.6) is 0 Å². The third-order valence-electron chi connectivity index (χ3n) is 5.06. The fourth-order valence-corrected chi connectivity index (χ4v) is 4.11. The Bertz CT molecular complexity index is 411. The molecule has 4 unspecified atom stereocenters. The van der Waals surface area contributed by atoms with Crippen LogP contribution in [0.4, 0.5) is 0 Å². The van der Waals surface area contributed by atoms with Gasteiger partial charge in [-0.3, -0.25) is 4.90 Å². The van der Waals surface area contributed by atoms with Crippen molar-refractivity contribution in [3.8, 4) is 0 Å². The molecule has 2 heteroatoms. The lowest BCUT2D eigenvalue weighted by molar-refractivity contribution is 0.203. The minimum absolute atomic E-state index is 0.196. The Morgan fingerprint density at radius 3 is 2.21 bits per heavy atom. The zero-order valence-electron chi connectivity index (χ0n) is 12.2. The van der Waals surface area contributed by atoms with E-state index in [0.717, 1.165) is 11.8 Å². The van der Waals surface area contributed by atoms with Gasteiger partial charge in [-0.1, -0.05) is 36.2 Å². The van der Waals surface area contributed by atoms with E-state index in [1.807, 2.05) is 0 Å². The van der Waals surface area contributed by atoms with Gasteiger partial charge in [-0.25, -0.2) is 0 Å². The molecule has 1 aromatic carbocycles. The topological polar surface area (TPSA) is 29.3 Å². The molecule has 2 N–H and O–H groups in total. The number of aryl methyl sites for hydroxylation is 1. The van der Waals surface area contributed by atoms with Gasteiger partial charge < -0.3 is 5.73 Å². The summed E-state index contributed by atoms with van der Waals surface area (Å²) in [6.45, 7) is 6.80. The van der Waals surface area contributed by atoms with Gasteiger partial charge in [-0.2, -0.15) is 0 Å². The van der Waals surface area contributed by atoms with Gasteiger partial charge in [0.25, 0.3) is 0 Å². The summed E-state index contributed by atoms with van der Waals surface area (Å²) in [5.74, 6) is 1.87. The zero-order valence-corrected chi connectivity index (χ0v) is 12.2. The van der Waals surface area contributed by atoms with E-state index < -0.39 is 0 Å². The Hall–Kier alpha value is -0.860. The van der Waals surface area contributed by atoms with E-state index in [2.05, 4.69) is 43.0 Å². The number of hydrogen-bond donors (Lipinski definition) is 1. The molecule has 0 bridgehead atoms. The molecule has 0 amide bonds. The Morgan fingerprint density at radius 2 is 1.68 bits per heavy atom. The van der Waals surface area contributed by atoms with Gasteiger partial charge in [-0.05, 0) is 44.1 Å². The van der Waals surface area contributed by atoms with Crippen molar-refractivity contribution in [1.82, 2.24) is 4.90 Å². The van der Waals surface area contributed by atoms with E-state index in [1.165, 1.54) is 43.5 Å². The largest absolute Gasteiger partial charge is 0.326 e. The molecule has 2 aliphatic rings. The number of hydrogen-bond acceptors (Lipinski definition) is 2. The van der Waals surface area contributed by atoms with Crippen molar-refractivity contribution in [2.24, 2.45) is 17.6 Å². The molecule has 104 valence electrons. The lowest BCUT2D eigenvalue weighted by atomic mass is 9.98. The highest BCUT2D eigenvalue weighted by Gasteiger charge is 2.39. The molecule has 0 radical (unpaired) electrons. The summed E-state index contributed by atoms with van der Waals surface area (Å²) in [7, 11) is 0. The van der Waals surface area contributed by atoms with Crippen molar-refractivity contribution in [2.45, 2.75) is 45.2 Å². The molecule has 0 spiro atoms. The highest BCUT2D eigenvalue weighted by atomic mass is 15.2. The highest BCUT2D eigenvalue weighted by molar-refractivity contribution is 5.25. The van der Waals surface area contributed by atoms with Crippen LogP contribution in [0.1, 0.15) is 43.4 Å². The predicted molar refractivity (Wildman–Crippen MR) is 80.0 cm³/mol. The van der Waals surface area contributed by atoms with Gasteiger partial charge in [0.1, 0.15) is 0 Å². The van der Waals surface area contributed by atoms with Crippen LogP contribution < -0.4 is 5.73 Å². The molecule has 19 heavy (non-hydrogen) atoms. The summed E-state index contributed by atoms with van der Waals surface area (Å²) in [5, 5.41) is 0. The minimum Gasteiger partial charge on any atom is -0.326 e. The first kappa shape index (κ1) is 13.1. The van der Waals surface area contributed by atoms with E-state index in [4.69, 9.17) is 5.73 Å². The SMILES string of the molecule is Cc1ccc(C(C(C)N)N2CC3CCCC3C2)cc1. The first-order valence-electron chi connectivity index (χ1n) is 7.71. The molecule has 2 nitrogen and oxygen atoms in total. The standard InChI is InChI=1S/C17H26N2/c1-12-6-8-14(9-7-12)17(13(2)18)19-10-15-4-3-5-16(15)11-19/h6-9,13,15-17H,3-5,10-11,18H2,1-2H3. The number of nitrogens with zero attached hydrogens (tertiary/aromatic N) is 1. The van der Waals surface area contributed by atoms with Crippen LogP contribution in [0.3, 0.4) is 0 Å². The van der Waals surface area contributed by atoms with E-state index in [1.54, 1.807) is 0 Å². The second-order valence-electron chi connectivity index (χ2n) is 6.62. The number of rotatable bonds is 3. The maximum absolute atomic E-state index is 6.30. The van der Waals surface area contributed by atoms with Crippen LogP contribution in [-0.2, 0) is 0 Å². The summed E-state index contributed by atoms with van der Waals surface area (Å²) in [4.78, 5) is 2.64. The molecule has 3 rings (SSSR count). The van der Waals surface area contributed by atoms with Crippen molar-refractivity contribution >= 4 is 0 Å². The van der Waals surface area contributed by atoms with Gasteiger partial charge in [0.15, 0.2) is 0 Å². The van der Waals surface area contributed by atoms with Crippen molar-refractivity contribution in [3.05, 3.63) is 35.4 Å². The molecule has 1 aliphatic heterocycles. The van der Waals surface area contributed by atoms with Crippen molar-refractivity contribution in [2.75, 3.05) is 13.1 Å². The normalized spacial score (nSPS) is 30.3. The smallest absolute Gasteiger partial charge is 0.0496 e. The first-order chi connectivity index (χ1) is 9.15. The van der Waals surface area contributed by atoms with E-state index in [9.17, 15) is 0 Å². The predicted octanol–water partition coefficient (Wildman–Crippen LogP) is 3.12. The second kappa shape index (κ2) is 5.26. The van der Waals surface area contributed by atoms with Gasteiger partial charge >= 0.3 is 0 Å². The number of fused-ring (bicyclic) bond motifs is 1. The number of likely N-dealkylation sites (tertiary alicyclic amines) is 1. The average Bonchev–Trinajstić information content (AvgIpc) is 2.92. The number of nitrogens with two attached hydrogens (primary N) is 1. The first-order valence-corrected chi connectivity index (χ1v) is 7.71. The lowest BCUT2D eigenvalue weighted by Gasteiger charge is -2.32. The molecule has 1 saturated heterocycles. The molecular formula is C17H26N2. The monoisotopic (exact) mass is 258 g/mol. The molecule has 4 atom stereocenters. The van der Waals surface area contributed by atoms with Gasteiger partial charge in [0.2, 0.25) is 0 Å². The molecule has 1 saturated carbocycles. The van der Waals surface area contributed by atoms with Crippen LogP contribution in [0.2, 0.25) is 0 Å². The Morgan fingerprint density at radius 1 is 1.11 bits per heavy atom. The average molecular weight is 258 g/mol. The summed E-state index contributed by atoms with van der Waals surface area (Å²) in [6.07, 6.45) is 4.30. The zero-order chi connectivity index (χ0) is 13.4. The molecule has 1 aliphatic carbocycles. The fraction of sp³-hybridized carbons (Fsp3) is 0.647. The molecule has 1 heterocycles. The molecular weight excluding hydrogens is 232 g/mol. The highest BCUT2D eigenvalue weighted by Crippen LogP contribution is 2.41. The molecule has 1 aromatic rings. The number of benzene rings is 1. The van der Waals surface area contributed by atoms with Gasteiger partial charge in [-0.15, -0.1) is 0 Å². The van der Waals surface area contributed by atoms with E-state index >= 15 is 0 Å². The van der Waals surface area contributed by atoms with Crippen LogP contribution in [0, 0.1) is 18.8 Å². The van der Waals surface area contributed by atoms with Crippen LogP contribution >= 0.6 is 0 Å². The summed E-state index contributed by atoms with van der Waals surface area (Å²) in [6, 6.07) is 9.53. The third-order valence-corrected chi connectivity index (χ3v) is 5.06. The van der Waals surface area contributed by atoms with Crippen molar-refractivity contribution < 1.29 is 0 Å². The van der Waals surface area contributed by atoms with Crippen LogP contribution in [0.25, 0.3) is 0 Å². The lowest BCUT2D eigenvalue weighted by Crippen LogP contribution is -2.38. The summed E-state index contributed by atoms with van der Waals surface area (Å²) >= 11 is 0. The van der Waals surface area contributed by atoms with Crippen LogP contribution in [0.15, 0.2) is 24.3 Å². The quantitative estimate of drug-likeness (QED) is 0.902. The van der Waals surface area contributed by atoms with Crippen LogP contribution in [-0.4, -0.2) is 24.0 Å². The third kappa shape index (κ3) is 2.56. The van der Waals surface area contributed by atoms with Gasteiger partial charge in [0.05, 0.1) is 0 Å². The van der Waals surface area contributed by atoms with E-state index in [0.29, 0.717) is 6.04 Å². The van der Waals surface area contributed by atoms with Crippen molar-refractivity contribution in [1.29, 1.82) is 0 Å². The second-order valence-corrected chi connectivity index (χ2v) is 6.62. The maximum Gasteiger partial charge on any atom is 0.0496 e. The summed E-state index contributed by atoms with van der Waals surface area (Å²) < 4.78 is 0. The summed E-state index contributed by atoms with van der Waals surface area (Å²) in [5.41, 5.74) is 9.01. The Labute approximate surface area is 117 Å². The van der Waals surface area contributed by atoms with E-state index in [-0.39, 0.29) is 6.04 Å². The fourth-order valence-electron chi connectivity index (χ4n) is 4.11. The Balaban J connectivity index is 1.80. The van der Waals surface area contributed by atoms with Gasteiger partial charge in [0, 0.05) is 25.2 Å². The molecule has 0 aromatic heterocycles.